The van der Waals surface area contributed by atoms with Crippen molar-refractivity contribution in [2.24, 2.45) is 0 Å². The standard InChI is InChI=1S/C10H7ClN2O3/c11-6-3-1-2-5-9(6)12-7(4-8(14)15)13-10(5)16/h1-3H,4H2,(H,14,15)(H,12,13,16). The van der Waals surface area contributed by atoms with Gasteiger partial charge in [0.25, 0.3) is 5.56 Å². The summed E-state index contributed by atoms with van der Waals surface area (Å²) in [6, 6.07) is 4.82. The number of aromatic nitrogens is 2. The van der Waals surface area contributed by atoms with E-state index in [0.717, 1.165) is 0 Å². The van der Waals surface area contributed by atoms with E-state index in [1.165, 1.54) is 0 Å². The second-order valence-corrected chi connectivity index (χ2v) is 3.63. The first-order valence-electron chi connectivity index (χ1n) is 4.47. The van der Waals surface area contributed by atoms with E-state index in [1.807, 2.05) is 0 Å². The third-order valence-electron chi connectivity index (χ3n) is 2.05. The summed E-state index contributed by atoms with van der Waals surface area (Å²) < 4.78 is 0. The smallest absolute Gasteiger partial charge is 0.311 e. The number of halogens is 1. The highest BCUT2D eigenvalue weighted by Crippen LogP contribution is 2.18. The van der Waals surface area contributed by atoms with Gasteiger partial charge in [-0.2, -0.15) is 0 Å². The summed E-state index contributed by atoms with van der Waals surface area (Å²) in [7, 11) is 0. The van der Waals surface area contributed by atoms with Crippen molar-refractivity contribution < 1.29 is 9.90 Å². The van der Waals surface area contributed by atoms with Crippen LogP contribution in [-0.2, 0) is 11.2 Å². The Morgan fingerprint density at radius 3 is 2.94 bits per heavy atom. The van der Waals surface area contributed by atoms with Gasteiger partial charge in [-0.25, -0.2) is 4.98 Å². The summed E-state index contributed by atoms with van der Waals surface area (Å²) in [5, 5.41) is 9.28. The van der Waals surface area contributed by atoms with Crippen LogP contribution in [0.5, 0.6) is 0 Å². The van der Waals surface area contributed by atoms with E-state index in [0.29, 0.717) is 15.9 Å². The molecular formula is C10H7ClN2O3. The average Bonchev–Trinajstić information content (AvgIpc) is 2.19. The van der Waals surface area contributed by atoms with Crippen LogP contribution in [0, 0.1) is 0 Å². The van der Waals surface area contributed by atoms with Crippen molar-refractivity contribution in [3.63, 3.8) is 0 Å². The minimum absolute atomic E-state index is 0.0955. The number of nitrogens with one attached hydrogen (secondary N) is 1. The van der Waals surface area contributed by atoms with Crippen LogP contribution in [0.25, 0.3) is 10.9 Å². The zero-order valence-corrected chi connectivity index (χ0v) is 8.78. The average molecular weight is 239 g/mol. The topological polar surface area (TPSA) is 83.0 Å². The van der Waals surface area contributed by atoms with Gasteiger partial charge in [0.1, 0.15) is 12.2 Å². The Bertz CT molecular complexity index is 621. The fraction of sp³-hybridized carbons (Fsp3) is 0.100. The molecule has 0 atom stereocenters. The molecule has 0 fully saturated rings. The minimum Gasteiger partial charge on any atom is -0.481 e. The molecule has 1 heterocycles. The molecule has 0 aliphatic carbocycles. The van der Waals surface area contributed by atoms with Crippen molar-refractivity contribution in [1.82, 2.24) is 9.97 Å². The molecule has 5 nitrogen and oxygen atoms in total. The van der Waals surface area contributed by atoms with Gasteiger partial charge in [0, 0.05) is 0 Å². The fourth-order valence-electron chi connectivity index (χ4n) is 1.40. The number of H-pyrrole nitrogens is 1. The zero-order valence-electron chi connectivity index (χ0n) is 8.03. The van der Waals surface area contributed by atoms with E-state index >= 15 is 0 Å². The number of carbonyl (C=O) groups is 1. The van der Waals surface area contributed by atoms with Gasteiger partial charge in [0.2, 0.25) is 0 Å². The first-order chi connectivity index (χ1) is 7.58. The molecule has 1 aromatic heterocycles. The number of carboxylic acid groups (broad SMARTS) is 1. The summed E-state index contributed by atoms with van der Waals surface area (Å²) in [5.41, 5.74) is -0.0621. The Balaban J connectivity index is 2.70. The highest BCUT2D eigenvalue weighted by molar-refractivity contribution is 6.34. The van der Waals surface area contributed by atoms with Crippen LogP contribution in [0.3, 0.4) is 0 Å². The lowest BCUT2D eigenvalue weighted by molar-refractivity contribution is -0.136. The number of nitrogens with zero attached hydrogens (tertiary/aromatic N) is 1. The number of rotatable bonds is 2. The molecular weight excluding hydrogens is 232 g/mol. The van der Waals surface area contributed by atoms with Crippen LogP contribution in [-0.4, -0.2) is 21.0 Å². The molecule has 2 N–H and O–H groups in total. The highest BCUT2D eigenvalue weighted by Gasteiger charge is 2.08. The summed E-state index contributed by atoms with van der Waals surface area (Å²) in [4.78, 5) is 28.5. The fourth-order valence-corrected chi connectivity index (χ4v) is 1.62. The van der Waals surface area contributed by atoms with E-state index in [9.17, 15) is 9.59 Å². The largest absolute Gasteiger partial charge is 0.481 e. The molecule has 0 bridgehead atoms. The predicted molar refractivity (Wildman–Crippen MR) is 58.7 cm³/mol. The molecule has 0 amide bonds. The van der Waals surface area contributed by atoms with E-state index in [-0.39, 0.29) is 17.8 Å². The van der Waals surface area contributed by atoms with Crippen molar-refractivity contribution in [2.45, 2.75) is 6.42 Å². The number of carboxylic acids is 1. The van der Waals surface area contributed by atoms with Gasteiger partial charge >= 0.3 is 5.97 Å². The van der Waals surface area contributed by atoms with Crippen molar-refractivity contribution >= 4 is 28.5 Å². The lowest BCUT2D eigenvalue weighted by atomic mass is 10.2. The molecule has 16 heavy (non-hydrogen) atoms. The van der Waals surface area contributed by atoms with E-state index in [2.05, 4.69) is 9.97 Å². The Morgan fingerprint density at radius 2 is 2.25 bits per heavy atom. The number of benzene rings is 1. The number of aliphatic carboxylic acids is 1. The second-order valence-electron chi connectivity index (χ2n) is 3.22. The quantitative estimate of drug-likeness (QED) is 0.824. The van der Waals surface area contributed by atoms with Crippen LogP contribution in [0.2, 0.25) is 5.02 Å². The maximum absolute atomic E-state index is 11.6. The van der Waals surface area contributed by atoms with Crippen LogP contribution in [0.15, 0.2) is 23.0 Å². The van der Waals surface area contributed by atoms with Crippen LogP contribution in [0.1, 0.15) is 5.82 Å². The van der Waals surface area contributed by atoms with E-state index in [4.69, 9.17) is 16.7 Å². The van der Waals surface area contributed by atoms with Crippen molar-refractivity contribution in [2.75, 3.05) is 0 Å². The molecule has 0 spiro atoms. The summed E-state index contributed by atoms with van der Waals surface area (Å²) in [6.45, 7) is 0. The second kappa shape index (κ2) is 3.94. The Hall–Kier alpha value is -1.88. The van der Waals surface area contributed by atoms with E-state index < -0.39 is 5.97 Å². The lowest BCUT2D eigenvalue weighted by Crippen LogP contribution is -2.14. The zero-order chi connectivity index (χ0) is 11.7. The highest BCUT2D eigenvalue weighted by atomic mass is 35.5. The van der Waals surface area contributed by atoms with Gasteiger partial charge in [0.05, 0.1) is 15.9 Å². The third kappa shape index (κ3) is 1.90. The van der Waals surface area contributed by atoms with Crippen LogP contribution in [0.4, 0.5) is 0 Å². The maximum atomic E-state index is 11.6. The van der Waals surface area contributed by atoms with Gasteiger partial charge in [-0.05, 0) is 12.1 Å². The SMILES string of the molecule is O=C(O)Cc1nc2c(Cl)cccc2c(=O)[nH]1. The Kier molecular flexibility index (Phi) is 2.62. The number of hydrogen-bond donors (Lipinski definition) is 2. The molecule has 2 aromatic rings. The van der Waals surface area contributed by atoms with Gasteiger partial charge < -0.3 is 10.1 Å². The molecule has 1 aromatic carbocycles. The molecule has 6 heteroatoms. The minimum atomic E-state index is -1.06. The summed E-state index contributed by atoms with van der Waals surface area (Å²) in [6.07, 6.45) is -0.337. The van der Waals surface area contributed by atoms with E-state index in [1.54, 1.807) is 18.2 Å². The third-order valence-corrected chi connectivity index (χ3v) is 2.36. The monoisotopic (exact) mass is 238 g/mol. The first-order valence-corrected chi connectivity index (χ1v) is 4.85. The summed E-state index contributed by atoms with van der Waals surface area (Å²) in [5.74, 6) is -0.965. The van der Waals surface area contributed by atoms with Crippen molar-refractivity contribution in [3.8, 4) is 0 Å². The Labute approximate surface area is 94.7 Å². The van der Waals surface area contributed by atoms with Gasteiger partial charge in [-0.15, -0.1) is 0 Å². The molecule has 0 saturated heterocycles. The lowest BCUT2D eigenvalue weighted by Gasteiger charge is -2.01. The number of fused-ring (bicyclic) bond motifs is 1. The number of hydrogen-bond acceptors (Lipinski definition) is 3. The molecule has 0 aliphatic rings. The molecule has 0 saturated carbocycles. The molecule has 0 radical (unpaired) electrons. The van der Waals surface area contributed by atoms with Gasteiger partial charge in [-0.3, -0.25) is 9.59 Å². The van der Waals surface area contributed by atoms with Crippen LogP contribution >= 0.6 is 11.6 Å². The van der Waals surface area contributed by atoms with Crippen molar-refractivity contribution in [1.29, 1.82) is 0 Å². The maximum Gasteiger partial charge on any atom is 0.311 e. The van der Waals surface area contributed by atoms with Gasteiger partial charge in [0.15, 0.2) is 0 Å². The predicted octanol–water partition coefficient (Wildman–Crippen LogP) is 1.20. The molecule has 2 rings (SSSR count). The molecule has 0 unspecified atom stereocenters. The van der Waals surface area contributed by atoms with Crippen molar-refractivity contribution in [3.05, 3.63) is 39.4 Å². The Morgan fingerprint density at radius 1 is 1.50 bits per heavy atom. The van der Waals surface area contributed by atoms with Gasteiger partial charge in [-0.1, -0.05) is 17.7 Å². The summed E-state index contributed by atoms with van der Waals surface area (Å²) >= 11 is 5.87. The number of para-hydroxylation sites is 1. The normalized spacial score (nSPS) is 10.6. The molecule has 82 valence electrons. The number of aromatic amines is 1. The molecule has 0 aliphatic heterocycles. The first kappa shape index (κ1) is 10.6. The van der Waals surface area contributed by atoms with Crippen LogP contribution < -0.4 is 5.56 Å².